The zero-order valence-electron chi connectivity index (χ0n) is 7.24. The Hall–Kier alpha value is -2.18. The molecule has 0 aliphatic rings. The van der Waals surface area contributed by atoms with Gasteiger partial charge < -0.3 is 5.73 Å². The average molecular weight is 190 g/mol. The van der Waals surface area contributed by atoms with E-state index in [2.05, 4.69) is 21.9 Å². The lowest BCUT2D eigenvalue weighted by Crippen LogP contribution is -1.89. The highest BCUT2D eigenvalue weighted by Gasteiger charge is 1.97. The Kier molecular flexibility index (Phi) is 3.36. The highest BCUT2D eigenvalue weighted by Crippen LogP contribution is 2.09. The molecule has 0 aromatic heterocycles. The number of anilines is 1. The third-order valence-corrected chi connectivity index (χ3v) is 1.43. The summed E-state index contributed by atoms with van der Waals surface area (Å²) in [7, 11) is 0. The molecule has 70 valence electrons. The van der Waals surface area contributed by atoms with Crippen molar-refractivity contribution in [3.63, 3.8) is 0 Å². The van der Waals surface area contributed by atoms with E-state index in [4.69, 9.17) is 11.3 Å². The summed E-state index contributed by atoms with van der Waals surface area (Å²) >= 11 is 0. The van der Waals surface area contributed by atoms with Crippen LogP contribution >= 0.6 is 0 Å². The first-order chi connectivity index (χ1) is 6.74. The Morgan fingerprint density at radius 2 is 2.36 bits per heavy atom. The van der Waals surface area contributed by atoms with Gasteiger partial charge in [0.25, 0.3) is 0 Å². The molecule has 0 atom stereocenters. The first kappa shape index (κ1) is 9.90. The van der Waals surface area contributed by atoms with Gasteiger partial charge in [-0.15, -0.1) is 0 Å². The molecule has 0 fully saturated rings. The second-order valence-corrected chi connectivity index (χ2v) is 2.43. The summed E-state index contributed by atoms with van der Waals surface area (Å²) in [6.07, 6.45) is 0. The number of rotatable bonds is 1. The molecule has 1 rings (SSSR count). The Labute approximate surface area is 80.2 Å². The fourth-order valence-electron chi connectivity index (χ4n) is 0.834. The molecule has 0 amide bonds. The maximum absolute atomic E-state index is 13.1. The van der Waals surface area contributed by atoms with Crippen molar-refractivity contribution in [3.05, 3.63) is 40.0 Å². The molecule has 0 spiro atoms. The van der Waals surface area contributed by atoms with Crippen LogP contribution in [-0.4, -0.2) is 6.54 Å². The molecule has 0 bridgehead atoms. The summed E-state index contributed by atoms with van der Waals surface area (Å²) in [5, 5.41) is 3.19. The van der Waals surface area contributed by atoms with Crippen LogP contribution in [0.3, 0.4) is 0 Å². The third-order valence-electron chi connectivity index (χ3n) is 1.43. The van der Waals surface area contributed by atoms with Crippen LogP contribution in [0, 0.1) is 17.7 Å². The van der Waals surface area contributed by atoms with Gasteiger partial charge in [-0.05, 0) is 23.7 Å². The Morgan fingerprint density at radius 3 is 3.00 bits per heavy atom. The minimum absolute atomic E-state index is 0.0281. The van der Waals surface area contributed by atoms with Crippen LogP contribution < -0.4 is 5.73 Å². The molecule has 0 aliphatic heterocycles. The number of hydrogen-bond acceptors (Lipinski definition) is 2. The minimum atomic E-state index is -0.474. The van der Waals surface area contributed by atoms with Gasteiger partial charge in [-0.3, -0.25) is 0 Å². The van der Waals surface area contributed by atoms with Crippen LogP contribution in [0.5, 0.6) is 0 Å². The maximum Gasteiger partial charge on any atom is 0.140 e. The molecule has 1 aromatic rings. The molecule has 0 unspecified atom stereocenters. The van der Waals surface area contributed by atoms with Gasteiger partial charge in [0.15, 0.2) is 0 Å². The average Bonchev–Trinajstić information content (AvgIpc) is 2.15. The summed E-state index contributed by atoms with van der Waals surface area (Å²) in [6.45, 7) is 0.0281. The van der Waals surface area contributed by atoms with E-state index in [1.54, 1.807) is 6.07 Å². The second kappa shape index (κ2) is 4.75. The van der Waals surface area contributed by atoms with E-state index in [9.17, 15) is 4.39 Å². The van der Waals surface area contributed by atoms with Crippen LogP contribution in [0.4, 0.5) is 10.1 Å². The molecule has 5 heteroatoms. The smallest absolute Gasteiger partial charge is 0.140 e. The maximum atomic E-state index is 13.1. The second-order valence-electron chi connectivity index (χ2n) is 2.43. The van der Waals surface area contributed by atoms with Gasteiger partial charge in [-0.2, -0.15) is 0 Å². The molecule has 14 heavy (non-hydrogen) atoms. The highest BCUT2D eigenvalue weighted by molar-refractivity contribution is 5.46. The summed E-state index contributed by atoms with van der Waals surface area (Å²) in [6, 6.07) is 4.23. The van der Waals surface area contributed by atoms with Gasteiger partial charge in [-0.1, -0.05) is 17.0 Å². The van der Waals surface area contributed by atoms with Crippen LogP contribution in [0.25, 0.3) is 10.4 Å². The highest BCUT2D eigenvalue weighted by atomic mass is 19.1. The molecule has 0 heterocycles. The van der Waals surface area contributed by atoms with E-state index in [1.165, 1.54) is 12.1 Å². The van der Waals surface area contributed by atoms with Gasteiger partial charge in [0.2, 0.25) is 0 Å². The predicted octanol–water partition coefficient (Wildman–Crippen LogP) is 2.07. The van der Waals surface area contributed by atoms with Crippen LogP contribution in [0.1, 0.15) is 5.56 Å². The van der Waals surface area contributed by atoms with Gasteiger partial charge in [-0.25, -0.2) is 4.39 Å². The summed E-state index contributed by atoms with van der Waals surface area (Å²) in [4.78, 5) is 2.51. The number of azide groups is 1. The number of nitrogens with zero attached hydrogens (tertiary/aromatic N) is 3. The topological polar surface area (TPSA) is 74.8 Å². The van der Waals surface area contributed by atoms with Crippen molar-refractivity contribution in [1.29, 1.82) is 0 Å². The minimum Gasteiger partial charge on any atom is -0.399 e. The van der Waals surface area contributed by atoms with E-state index in [-0.39, 0.29) is 12.1 Å². The third kappa shape index (κ3) is 2.70. The lowest BCUT2D eigenvalue weighted by atomic mass is 10.2. The standard InChI is InChI=1S/C9H7FN4/c10-9-6-8(11)4-3-7(9)2-1-5-13-14-12/h3-4,6H,5,11H2. The summed E-state index contributed by atoms with van der Waals surface area (Å²) in [5.41, 5.74) is 13.9. The summed E-state index contributed by atoms with van der Waals surface area (Å²) < 4.78 is 13.1. The lowest BCUT2D eigenvalue weighted by molar-refractivity contribution is 0.625. The first-order valence-electron chi connectivity index (χ1n) is 3.79. The van der Waals surface area contributed by atoms with Crippen molar-refractivity contribution in [3.8, 4) is 11.8 Å². The zero-order valence-corrected chi connectivity index (χ0v) is 7.24. The lowest BCUT2D eigenvalue weighted by Gasteiger charge is -1.95. The number of halogens is 1. The number of nitrogen functional groups attached to an aromatic ring is 1. The fourth-order valence-corrected chi connectivity index (χ4v) is 0.834. The van der Waals surface area contributed by atoms with E-state index >= 15 is 0 Å². The Morgan fingerprint density at radius 1 is 1.57 bits per heavy atom. The van der Waals surface area contributed by atoms with Crippen LogP contribution in [0.2, 0.25) is 0 Å². The molecule has 4 nitrogen and oxygen atoms in total. The Balaban J connectivity index is 2.84. The van der Waals surface area contributed by atoms with E-state index in [0.29, 0.717) is 5.69 Å². The number of nitrogens with two attached hydrogens (primary N) is 1. The van der Waals surface area contributed by atoms with Crippen molar-refractivity contribution >= 4 is 5.69 Å². The SMILES string of the molecule is [N-]=[N+]=NCC#Cc1ccc(N)cc1F. The first-order valence-corrected chi connectivity index (χ1v) is 3.79. The zero-order chi connectivity index (χ0) is 10.4. The van der Waals surface area contributed by atoms with Crippen LogP contribution in [-0.2, 0) is 0 Å². The number of benzene rings is 1. The van der Waals surface area contributed by atoms with Gasteiger partial charge in [0, 0.05) is 10.6 Å². The molecule has 2 N–H and O–H groups in total. The van der Waals surface area contributed by atoms with Crippen LogP contribution in [0.15, 0.2) is 23.3 Å². The monoisotopic (exact) mass is 190 g/mol. The largest absolute Gasteiger partial charge is 0.399 e. The quantitative estimate of drug-likeness (QED) is 0.238. The van der Waals surface area contributed by atoms with E-state index in [1.807, 2.05) is 0 Å². The summed E-state index contributed by atoms with van der Waals surface area (Å²) in [5.74, 6) is 4.57. The molecular formula is C9H7FN4. The van der Waals surface area contributed by atoms with Gasteiger partial charge in [0.05, 0.1) is 12.1 Å². The molecule has 1 aromatic carbocycles. The molecule has 0 radical (unpaired) electrons. The Bertz CT molecular complexity index is 438. The van der Waals surface area contributed by atoms with E-state index in [0.717, 1.165) is 0 Å². The van der Waals surface area contributed by atoms with Crippen molar-refractivity contribution in [1.82, 2.24) is 0 Å². The van der Waals surface area contributed by atoms with E-state index < -0.39 is 5.82 Å². The van der Waals surface area contributed by atoms with Crippen molar-refractivity contribution < 1.29 is 4.39 Å². The van der Waals surface area contributed by atoms with Gasteiger partial charge in [0.1, 0.15) is 5.82 Å². The fraction of sp³-hybridized carbons (Fsp3) is 0.111. The molecule has 0 saturated carbocycles. The number of hydrogen-bond donors (Lipinski definition) is 1. The van der Waals surface area contributed by atoms with Crippen molar-refractivity contribution in [2.45, 2.75) is 0 Å². The normalized spacial score (nSPS) is 8.36. The molecule has 0 aliphatic carbocycles. The van der Waals surface area contributed by atoms with Crippen molar-refractivity contribution in [2.24, 2.45) is 5.11 Å². The predicted molar refractivity (Wildman–Crippen MR) is 51.7 cm³/mol. The molecule has 0 saturated heterocycles. The molecular weight excluding hydrogens is 183 g/mol. The van der Waals surface area contributed by atoms with Gasteiger partial charge >= 0.3 is 0 Å². The van der Waals surface area contributed by atoms with Crippen molar-refractivity contribution in [2.75, 3.05) is 12.3 Å².